The standard InChI is InChI=1S/C27H25N5O3S/c1-16-9-10-17(2)23(15-16)31-25(34)21-7-5-6-8-22(21)32-26(31)29-30-27(32)36-18(3)24(33)28-19-11-13-20(35-4)14-12-19/h5-15,18H,1-4H3,(H,28,33). The lowest BCUT2D eigenvalue weighted by molar-refractivity contribution is -0.115. The third kappa shape index (κ3) is 4.22. The number of para-hydroxylation sites is 1. The van der Waals surface area contributed by atoms with E-state index in [4.69, 9.17) is 4.74 Å². The molecule has 0 aliphatic rings. The summed E-state index contributed by atoms with van der Waals surface area (Å²) in [4.78, 5) is 26.5. The van der Waals surface area contributed by atoms with E-state index in [0.717, 1.165) is 16.8 Å². The zero-order valence-electron chi connectivity index (χ0n) is 20.4. The minimum absolute atomic E-state index is 0.166. The van der Waals surface area contributed by atoms with Crippen molar-refractivity contribution in [2.75, 3.05) is 12.4 Å². The van der Waals surface area contributed by atoms with Gasteiger partial charge in [0.25, 0.3) is 5.56 Å². The number of benzene rings is 3. The zero-order valence-corrected chi connectivity index (χ0v) is 21.2. The van der Waals surface area contributed by atoms with Crippen LogP contribution < -0.4 is 15.6 Å². The maximum absolute atomic E-state index is 13.6. The Labute approximate surface area is 211 Å². The SMILES string of the molecule is COc1ccc(NC(=O)C(C)Sc2nnc3n(-c4cc(C)ccc4C)c(=O)c4ccccc4n23)cc1. The van der Waals surface area contributed by atoms with Crippen LogP contribution in [0.1, 0.15) is 18.1 Å². The largest absolute Gasteiger partial charge is 0.497 e. The normalized spacial score (nSPS) is 12.1. The minimum atomic E-state index is -0.473. The number of ether oxygens (including phenoxy) is 1. The van der Waals surface area contributed by atoms with Gasteiger partial charge >= 0.3 is 0 Å². The molecule has 5 aromatic rings. The fraction of sp³-hybridized carbons (Fsp3) is 0.185. The Morgan fingerprint density at radius 3 is 2.53 bits per heavy atom. The van der Waals surface area contributed by atoms with E-state index in [1.54, 1.807) is 42.0 Å². The highest BCUT2D eigenvalue weighted by molar-refractivity contribution is 8.00. The molecule has 9 heteroatoms. The van der Waals surface area contributed by atoms with Crippen LogP contribution in [-0.2, 0) is 4.79 Å². The van der Waals surface area contributed by atoms with Crippen molar-refractivity contribution in [1.29, 1.82) is 0 Å². The molecule has 3 aromatic carbocycles. The van der Waals surface area contributed by atoms with Crippen molar-refractivity contribution in [3.63, 3.8) is 0 Å². The number of hydrogen-bond acceptors (Lipinski definition) is 6. The number of anilines is 1. The lowest BCUT2D eigenvalue weighted by Crippen LogP contribution is -2.24. The summed E-state index contributed by atoms with van der Waals surface area (Å²) in [6, 6.07) is 20.5. The van der Waals surface area contributed by atoms with E-state index in [0.29, 0.717) is 33.3 Å². The molecule has 8 nitrogen and oxygen atoms in total. The fourth-order valence-electron chi connectivity index (χ4n) is 4.06. The summed E-state index contributed by atoms with van der Waals surface area (Å²) in [6.07, 6.45) is 0. The van der Waals surface area contributed by atoms with Gasteiger partial charge in [-0.3, -0.25) is 14.0 Å². The lowest BCUT2D eigenvalue weighted by atomic mass is 10.1. The number of amides is 1. The summed E-state index contributed by atoms with van der Waals surface area (Å²) >= 11 is 1.28. The molecular formula is C27H25N5O3S. The van der Waals surface area contributed by atoms with E-state index in [1.165, 1.54) is 11.8 Å². The van der Waals surface area contributed by atoms with Gasteiger partial charge in [-0.2, -0.15) is 0 Å². The molecule has 5 rings (SSSR count). The highest BCUT2D eigenvalue weighted by Crippen LogP contribution is 2.28. The van der Waals surface area contributed by atoms with E-state index in [2.05, 4.69) is 15.5 Å². The second kappa shape index (κ2) is 9.50. The van der Waals surface area contributed by atoms with Crippen LogP contribution in [0.4, 0.5) is 5.69 Å². The Morgan fingerprint density at radius 2 is 1.78 bits per heavy atom. The maximum Gasteiger partial charge on any atom is 0.267 e. The van der Waals surface area contributed by atoms with Crippen LogP contribution in [0.15, 0.2) is 76.7 Å². The molecule has 0 saturated heterocycles. The van der Waals surface area contributed by atoms with Crippen LogP contribution in [0.3, 0.4) is 0 Å². The number of aromatic nitrogens is 4. The molecule has 0 bridgehead atoms. The summed E-state index contributed by atoms with van der Waals surface area (Å²) in [5, 5.41) is 12.3. The van der Waals surface area contributed by atoms with Crippen LogP contribution >= 0.6 is 11.8 Å². The predicted molar refractivity (Wildman–Crippen MR) is 143 cm³/mol. The first kappa shape index (κ1) is 23.6. The van der Waals surface area contributed by atoms with Crippen LogP contribution in [-0.4, -0.2) is 37.4 Å². The van der Waals surface area contributed by atoms with Crippen molar-refractivity contribution in [2.24, 2.45) is 0 Å². The molecule has 0 fully saturated rings. The smallest absolute Gasteiger partial charge is 0.267 e. The van der Waals surface area contributed by atoms with Crippen molar-refractivity contribution < 1.29 is 9.53 Å². The number of aryl methyl sites for hydroxylation is 2. The molecule has 1 unspecified atom stereocenters. The minimum Gasteiger partial charge on any atom is -0.497 e. The van der Waals surface area contributed by atoms with Crippen LogP contribution in [0.5, 0.6) is 5.75 Å². The summed E-state index contributed by atoms with van der Waals surface area (Å²) in [6.45, 7) is 5.76. The molecule has 2 heterocycles. The lowest BCUT2D eigenvalue weighted by Gasteiger charge is -2.15. The second-order valence-electron chi connectivity index (χ2n) is 8.54. The molecule has 1 amide bonds. The Balaban J connectivity index is 1.57. The van der Waals surface area contributed by atoms with Gasteiger partial charge in [0.15, 0.2) is 5.16 Å². The van der Waals surface area contributed by atoms with Crippen molar-refractivity contribution >= 4 is 40.0 Å². The Bertz CT molecular complexity index is 1660. The van der Waals surface area contributed by atoms with Crippen LogP contribution in [0.2, 0.25) is 0 Å². The van der Waals surface area contributed by atoms with Gasteiger partial charge < -0.3 is 10.1 Å². The van der Waals surface area contributed by atoms with Crippen LogP contribution in [0.25, 0.3) is 22.4 Å². The molecule has 182 valence electrons. The summed E-state index contributed by atoms with van der Waals surface area (Å²) in [7, 11) is 1.60. The quantitative estimate of drug-likeness (QED) is 0.338. The Morgan fingerprint density at radius 1 is 1.03 bits per heavy atom. The van der Waals surface area contributed by atoms with E-state index in [1.807, 2.05) is 61.6 Å². The highest BCUT2D eigenvalue weighted by atomic mass is 32.2. The molecule has 0 radical (unpaired) electrons. The third-order valence-corrected chi connectivity index (χ3v) is 7.05. The number of hydrogen-bond donors (Lipinski definition) is 1. The van der Waals surface area contributed by atoms with Gasteiger partial charge in [-0.05, 0) is 74.4 Å². The third-order valence-electron chi connectivity index (χ3n) is 6.01. The van der Waals surface area contributed by atoms with E-state index >= 15 is 0 Å². The first-order valence-electron chi connectivity index (χ1n) is 11.5. The van der Waals surface area contributed by atoms with Gasteiger partial charge in [0.05, 0.1) is 29.0 Å². The number of carbonyl (C=O) groups is 1. The number of rotatable bonds is 6. The maximum atomic E-state index is 13.6. The van der Waals surface area contributed by atoms with E-state index in [9.17, 15) is 9.59 Å². The van der Waals surface area contributed by atoms with Gasteiger partial charge in [0, 0.05) is 5.69 Å². The zero-order chi connectivity index (χ0) is 25.4. The number of methoxy groups -OCH3 is 1. The summed E-state index contributed by atoms with van der Waals surface area (Å²) in [5.41, 5.74) is 3.94. The van der Waals surface area contributed by atoms with E-state index in [-0.39, 0.29) is 11.5 Å². The molecule has 36 heavy (non-hydrogen) atoms. The molecule has 0 aliphatic carbocycles. The Kier molecular flexibility index (Phi) is 6.24. The molecule has 0 aliphatic heterocycles. The van der Waals surface area contributed by atoms with Gasteiger partial charge in [-0.25, -0.2) is 4.57 Å². The predicted octanol–water partition coefficient (Wildman–Crippen LogP) is 4.78. The number of nitrogens with one attached hydrogen (secondary N) is 1. The highest BCUT2D eigenvalue weighted by Gasteiger charge is 2.22. The van der Waals surface area contributed by atoms with Crippen molar-refractivity contribution in [2.45, 2.75) is 31.2 Å². The average Bonchev–Trinajstić information content (AvgIpc) is 3.29. The van der Waals surface area contributed by atoms with Gasteiger partial charge in [-0.1, -0.05) is 36.0 Å². The monoisotopic (exact) mass is 499 g/mol. The average molecular weight is 500 g/mol. The van der Waals surface area contributed by atoms with E-state index < -0.39 is 5.25 Å². The molecule has 2 aromatic heterocycles. The molecule has 1 N–H and O–H groups in total. The number of fused-ring (bicyclic) bond motifs is 3. The molecule has 0 spiro atoms. The number of nitrogens with zero attached hydrogens (tertiary/aromatic N) is 4. The summed E-state index contributed by atoms with van der Waals surface area (Å²) in [5.74, 6) is 0.943. The second-order valence-corrected chi connectivity index (χ2v) is 9.85. The van der Waals surface area contributed by atoms with Gasteiger partial charge in [0.2, 0.25) is 11.7 Å². The first-order chi connectivity index (χ1) is 17.4. The fourth-order valence-corrected chi connectivity index (χ4v) is 4.92. The molecular weight excluding hydrogens is 474 g/mol. The van der Waals surface area contributed by atoms with Crippen molar-refractivity contribution in [3.05, 3.63) is 88.2 Å². The summed E-state index contributed by atoms with van der Waals surface area (Å²) < 4.78 is 8.62. The Hall–Kier alpha value is -4.11. The molecule has 0 saturated carbocycles. The van der Waals surface area contributed by atoms with Crippen LogP contribution in [0, 0.1) is 13.8 Å². The van der Waals surface area contributed by atoms with Gasteiger partial charge in [-0.15, -0.1) is 10.2 Å². The molecule has 1 atom stereocenters. The first-order valence-corrected chi connectivity index (χ1v) is 12.3. The number of carbonyl (C=O) groups excluding carboxylic acids is 1. The van der Waals surface area contributed by atoms with Crippen molar-refractivity contribution in [1.82, 2.24) is 19.2 Å². The van der Waals surface area contributed by atoms with Crippen molar-refractivity contribution in [3.8, 4) is 11.4 Å². The number of thioether (sulfide) groups is 1. The van der Waals surface area contributed by atoms with Gasteiger partial charge in [0.1, 0.15) is 5.75 Å². The topological polar surface area (TPSA) is 90.5 Å².